The molecule has 1 aromatic rings. The second-order valence-electron chi connectivity index (χ2n) is 13.2. The number of fused-ring (bicyclic) bond motifs is 5. The molecule has 2 fully saturated rings. The first-order chi connectivity index (χ1) is 22.5. The number of halogens is 1. The Bertz CT molecular complexity index is 1440. The van der Waals surface area contributed by atoms with Crippen molar-refractivity contribution in [2.24, 2.45) is 5.92 Å². The first kappa shape index (κ1) is 38.0. The van der Waals surface area contributed by atoms with Gasteiger partial charge in [-0.25, -0.2) is 4.79 Å². The molecule has 3 amide bonds. The Morgan fingerprint density at radius 3 is 2.71 bits per heavy atom. The molecule has 12 nitrogen and oxygen atoms in total. The van der Waals surface area contributed by atoms with Gasteiger partial charge in [0.25, 0.3) is 0 Å². The van der Waals surface area contributed by atoms with E-state index < -0.39 is 54.0 Å². The highest BCUT2D eigenvalue weighted by atomic mass is 35.5. The average molecular weight is 710 g/mol. The number of methoxy groups -OCH3 is 1. The van der Waals surface area contributed by atoms with Gasteiger partial charge < -0.3 is 39.0 Å². The molecule has 0 saturated carbocycles. The number of benzene rings is 1. The maximum Gasteiger partial charge on any atom is 0.409 e. The largest absolute Gasteiger partial charge is 0.495 e. The number of anilines is 1. The molecule has 4 rings (SSSR count). The summed E-state index contributed by atoms with van der Waals surface area (Å²) in [5.41, 5.74) is -0.386. The number of carbonyl (C=O) groups is 3. The number of hydrogen-bond acceptors (Lipinski definition) is 10. The number of allylic oxidation sites excluding steroid dienone is 3. The Balaban J connectivity index is 1.73. The number of alkyl carbamates (subject to hydrolysis) is 1. The second kappa shape index (κ2) is 15.4. The number of hydrogen-bond donors (Lipinski definition) is 4. The summed E-state index contributed by atoms with van der Waals surface area (Å²) in [4.78, 5) is 42.0. The molecule has 3 unspecified atom stereocenters. The van der Waals surface area contributed by atoms with Gasteiger partial charge in [0.1, 0.15) is 34.3 Å². The maximum atomic E-state index is 14.0. The van der Waals surface area contributed by atoms with Crippen LogP contribution in [0.1, 0.15) is 58.9 Å². The van der Waals surface area contributed by atoms with E-state index in [1.807, 2.05) is 38.1 Å². The molecule has 4 bridgehead atoms. The van der Waals surface area contributed by atoms with Crippen LogP contribution in [0.25, 0.3) is 0 Å². The number of carbonyl (C=O) groups excluding carboxylic acids is 3. The van der Waals surface area contributed by atoms with Crippen LogP contribution < -0.4 is 15.0 Å². The van der Waals surface area contributed by atoms with E-state index in [4.69, 9.17) is 30.5 Å². The molecular formula is C34H48ClN3O9S. The number of rotatable bonds is 7. The molecule has 0 spiro atoms. The van der Waals surface area contributed by atoms with E-state index in [2.05, 4.69) is 17.9 Å². The monoisotopic (exact) mass is 709 g/mol. The fourth-order valence-corrected chi connectivity index (χ4v) is 6.83. The summed E-state index contributed by atoms with van der Waals surface area (Å²) in [5, 5.41) is 25.4. The Morgan fingerprint density at radius 1 is 1.33 bits per heavy atom. The van der Waals surface area contributed by atoms with Crippen LogP contribution in [0, 0.1) is 5.92 Å². The standard InChI is InChI=1S/C34H48ClN3O9S/c1-19-10-8-9-12-34(43)18-25(45-32(42)36-34)20(2)30-33(4,47-30)26(46-31(41)21(3)37(5)27(39)11-13-48)17-28(40)38(6)23-15-22(14-19)16-24(44-7)29(23)35/h8-10,15-16,20-21,25-26,30-31,41,43,48H,11-14,17-18H2,1-7H3,(H,36,42)/b9-8+,19-10+/t20-,21+,25?,26+,30?,31?,33+,34-/m1/s1. The highest BCUT2D eigenvalue weighted by Crippen LogP contribution is 2.49. The molecule has 0 radical (unpaired) electrons. The van der Waals surface area contributed by atoms with Gasteiger partial charge in [-0.3, -0.25) is 14.9 Å². The van der Waals surface area contributed by atoms with Crippen LogP contribution in [0.4, 0.5) is 10.5 Å². The fourth-order valence-electron chi connectivity index (χ4n) is 6.33. The summed E-state index contributed by atoms with van der Waals surface area (Å²) in [6.07, 6.45) is 1.72. The van der Waals surface area contributed by atoms with Crippen LogP contribution in [0.15, 0.2) is 35.9 Å². The molecule has 0 aromatic heterocycles. The molecule has 3 aliphatic rings. The van der Waals surface area contributed by atoms with Gasteiger partial charge in [-0.2, -0.15) is 12.6 Å². The molecule has 1 aromatic carbocycles. The summed E-state index contributed by atoms with van der Waals surface area (Å²) in [7, 11) is 4.67. The van der Waals surface area contributed by atoms with E-state index in [0.717, 1.165) is 11.1 Å². The average Bonchev–Trinajstić information content (AvgIpc) is 3.73. The maximum absolute atomic E-state index is 14.0. The van der Waals surface area contributed by atoms with E-state index in [-0.39, 0.29) is 42.5 Å². The summed E-state index contributed by atoms with van der Waals surface area (Å²) in [5.74, 6) is -0.274. The van der Waals surface area contributed by atoms with Crippen molar-refractivity contribution in [2.45, 2.75) is 102 Å². The van der Waals surface area contributed by atoms with Crippen molar-refractivity contribution in [2.75, 3.05) is 31.9 Å². The third-order valence-corrected chi connectivity index (χ3v) is 10.2. The van der Waals surface area contributed by atoms with Crippen LogP contribution in [-0.4, -0.2) is 102 Å². The van der Waals surface area contributed by atoms with Gasteiger partial charge in [0, 0.05) is 39.3 Å². The topological polar surface area (TPSA) is 150 Å². The lowest BCUT2D eigenvalue weighted by molar-refractivity contribution is -0.186. The van der Waals surface area contributed by atoms with E-state index in [1.165, 1.54) is 16.9 Å². The highest BCUT2D eigenvalue weighted by Gasteiger charge is 2.63. The first-order valence-electron chi connectivity index (χ1n) is 16.1. The van der Waals surface area contributed by atoms with Gasteiger partial charge in [-0.1, -0.05) is 42.3 Å². The van der Waals surface area contributed by atoms with Gasteiger partial charge in [-0.05, 0) is 50.6 Å². The summed E-state index contributed by atoms with van der Waals surface area (Å²) < 4.78 is 23.6. The Labute approximate surface area is 292 Å². The Kier molecular flexibility index (Phi) is 12.2. The lowest BCUT2D eigenvalue weighted by atomic mass is 9.84. The van der Waals surface area contributed by atoms with Gasteiger partial charge in [-0.15, -0.1) is 0 Å². The molecule has 2 saturated heterocycles. The minimum atomic E-state index is -1.55. The zero-order valence-electron chi connectivity index (χ0n) is 28.6. The predicted molar refractivity (Wildman–Crippen MR) is 184 cm³/mol. The van der Waals surface area contributed by atoms with Crippen LogP contribution in [0.2, 0.25) is 5.02 Å². The van der Waals surface area contributed by atoms with Gasteiger partial charge in [0.2, 0.25) is 11.8 Å². The molecule has 3 aliphatic heterocycles. The third kappa shape index (κ3) is 8.48. The van der Waals surface area contributed by atoms with Crippen molar-refractivity contribution < 1.29 is 43.5 Å². The molecule has 3 heterocycles. The zero-order valence-corrected chi connectivity index (χ0v) is 30.2. The van der Waals surface area contributed by atoms with E-state index in [0.29, 0.717) is 23.6 Å². The normalized spacial score (nSPS) is 32.5. The van der Waals surface area contributed by atoms with Crippen molar-refractivity contribution in [3.63, 3.8) is 0 Å². The van der Waals surface area contributed by atoms with Gasteiger partial charge >= 0.3 is 6.09 Å². The lowest BCUT2D eigenvalue weighted by Gasteiger charge is -2.39. The van der Waals surface area contributed by atoms with Crippen LogP contribution >= 0.6 is 24.2 Å². The quantitative estimate of drug-likeness (QED) is 0.187. The number of epoxide rings is 1. The molecule has 0 aliphatic carbocycles. The number of aliphatic hydroxyl groups excluding tert-OH is 1. The van der Waals surface area contributed by atoms with Crippen molar-refractivity contribution >= 4 is 47.8 Å². The number of nitrogens with zero attached hydrogens (tertiary/aromatic N) is 2. The Hall–Kier alpha value is -2.81. The number of thiol groups is 1. The van der Waals surface area contributed by atoms with Crippen LogP contribution in [0.3, 0.4) is 0 Å². The van der Waals surface area contributed by atoms with E-state index in [9.17, 15) is 24.6 Å². The molecular weight excluding hydrogens is 662 g/mol. The van der Waals surface area contributed by atoms with Gasteiger partial charge in [0.15, 0.2) is 6.29 Å². The summed E-state index contributed by atoms with van der Waals surface area (Å²) in [6.45, 7) is 7.21. The van der Waals surface area contributed by atoms with Crippen molar-refractivity contribution in [1.29, 1.82) is 0 Å². The van der Waals surface area contributed by atoms with E-state index in [1.54, 1.807) is 34.0 Å². The van der Waals surface area contributed by atoms with Crippen LogP contribution in [-0.2, 0) is 30.2 Å². The fraction of sp³-hybridized carbons (Fsp3) is 0.618. The van der Waals surface area contributed by atoms with Crippen molar-refractivity contribution in [3.8, 4) is 5.75 Å². The number of aliphatic hydroxyl groups is 2. The van der Waals surface area contributed by atoms with E-state index >= 15 is 0 Å². The number of likely N-dealkylation sites (N-methyl/N-ethyl adjacent to an activating group) is 1. The van der Waals surface area contributed by atoms with Gasteiger partial charge in [0.05, 0.1) is 31.4 Å². The zero-order chi connectivity index (χ0) is 35.6. The number of amides is 3. The third-order valence-electron chi connectivity index (χ3n) is 9.62. The highest BCUT2D eigenvalue weighted by molar-refractivity contribution is 7.80. The smallest absolute Gasteiger partial charge is 0.409 e. The minimum absolute atomic E-state index is 0.0952. The second-order valence-corrected chi connectivity index (χ2v) is 14.1. The lowest BCUT2D eigenvalue weighted by Crippen LogP contribution is -2.57. The predicted octanol–water partition coefficient (Wildman–Crippen LogP) is 4.00. The Morgan fingerprint density at radius 2 is 2.04 bits per heavy atom. The molecule has 8 atom stereocenters. The molecule has 3 N–H and O–H groups in total. The minimum Gasteiger partial charge on any atom is -0.495 e. The van der Waals surface area contributed by atoms with Crippen molar-refractivity contribution in [3.05, 3.63) is 46.5 Å². The molecule has 266 valence electrons. The first-order valence-corrected chi connectivity index (χ1v) is 17.1. The van der Waals surface area contributed by atoms with Crippen LogP contribution in [0.5, 0.6) is 5.75 Å². The molecule has 14 heteroatoms. The molecule has 48 heavy (non-hydrogen) atoms. The van der Waals surface area contributed by atoms with Crippen molar-refractivity contribution in [1.82, 2.24) is 10.2 Å². The SMILES string of the molecule is COc1cc2cc(c1Cl)N(C)C(=O)C[C@H](OC(O)[C@H](C)N(C)C(=O)CCS)[C@]1(C)OC1[C@H](C)C1C[C@](O)(C/C=C/C=C(\C)C2)NC(=O)O1. The number of nitrogens with one attached hydrogen (secondary N) is 1. The summed E-state index contributed by atoms with van der Waals surface area (Å²) in [6, 6.07) is 2.88. The summed E-state index contributed by atoms with van der Waals surface area (Å²) >= 11 is 10.9. The number of ether oxygens (including phenoxy) is 4.